The maximum atomic E-state index is 12.2. The van der Waals surface area contributed by atoms with Crippen LogP contribution in [0, 0.1) is 10.1 Å². The van der Waals surface area contributed by atoms with Gasteiger partial charge in [-0.3, -0.25) is 19.2 Å². The van der Waals surface area contributed by atoms with E-state index < -0.39 is 52.1 Å². The molecule has 15 heteroatoms. The lowest BCUT2D eigenvalue weighted by molar-refractivity contribution is -0.384. The molecule has 0 fully saturated rings. The lowest BCUT2D eigenvalue weighted by Crippen LogP contribution is -2.05. The predicted molar refractivity (Wildman–Crippen MR) is 142 cm³/mol. The first kappa shape index (κ1) is 27.3. The van der Waals surface area contributed by atoms with Gasteiger partial charge < -0.3 is 10.8 Å². The number of nitro groups is 1. The summed E-state index contributed by atoms with van der Waals surface area (Å²) in [5, 5.41) is 29.1. The highest BCUT2D eigenvalue weighted by Gasteiger charge is 2.26. The van der Waals surface area contributed by atoms with Gasteiger partial charge in [-0.1, -0.05) is 36.4 Å². The van der Waals surface area contributed by atoms with E-state index in [0.717, 1.165) is 24.3 Å². The van der Waals surface area contributed by atoms with Crippen molar-refractivity contribution in [2.24, 2.45) is 10.2 Å². The van der Waals surface area contributed by atoms with Gasteiger partial charge in [-0.15, -0.1) is 5.11 Å². The quantitative estimate of drug-likeness (QED) is 0.0573. The first-order valence-corrected chi connectivity index (χ1v) is 13.6. The van der Waals surface area contributed by atoms with Gasteiger partial charge in [-0.25, -0.2) is 0 Å². The summed E-state index contributed by atoms with van der Waals surface area (Å²) in [5.41, 5.74) is 5.21. The summed E-state index contributed by atoms with van der Waals surface area (Å²) in [6, 6.07) is 15.0. The maximum absolute atomic E-state index is 12.2. The van der Waals surface area contributed by atoms with Gasteiger partial charge in [-0.2, -0.15) is 21.9 Å². The second-order valence-electron chi connectivity index (χ2n) is 8.04. The molecule has 5 N–H and O–H groups in total. The molecular formula is C24H18N4O9S2. The highest BCUT2D eigenvalue weighted by atomic mass is 32.2. The molecule has 0 aliphatic rings. The van der Waals surface area contributed by atoms with Crippen LogP contribution in [0.25, 0.3) is 22.9 Å². The Morgan fingerprint density at radius 1 is 0.846 bits per heavy atom. The minimum atomic E-state index is -5.02. The van der Waals surface area contributed by atoms with Crippen LogP contribution in [0.2, 0.25) is 0 Å². The van der Waals surface area contributed by atoms with Crippen molar-refractivity contribution >= 4 is 65.9 Å². The van der Waals surface area contributed by atoms with Gasteiger partial charge in [0.05, 0.1) is 16.3 Å². The number of nitrogen functional groups attached to an aromatic ring is 1. The Balaban J connectivity index is 1.99. The Bertz CT molecular complexity index is 1890. The fourth-order valence-electron chi connectivity index (χ4n) is 3.70. The molecule has 0 unspecified atom stereocenters. The number of aromatic hydroxyl groups is 1. The van der Waals surface area contributed by atoms with E-state index >= 15 is 0 Å². The van der Waals surface area contributed by atoms with Crippen molar-refractivity contribution in [3.05, 3.63) is 88.0 Å². The first-order valence-electron chi connectivity index (χ1n) is 10.7. The summed E-state index contributed by atoms with van der Waals surface area (Å²) in [4.78, 5) is 8.60. The van der Waals surface area contributed by atoms with E-state index in [-0.39, 0.29) is 27.7 Å². The molecule has 4 aromatic carbocycles. The molecule has 0 aliphatic heterocycles. The monoisotopic (exact) mass is 570 g/mol. The maximum Gasteiger partial charge on any atom is 0.296 e. The molecule has 0 radical (unpaired) electrons. The van der Waals surface area contributed by atoms with Crippen molar-refractivity contribution < 1.29 is 36.0 Å². The number of fused-ring (bicyclic) bond motifs is 1. The minimum Gasteiger partial charge on any atom is -0.507 e. The van der Waals surface area contributed by atoms with E-state index in [2.05, 4.69) is 10.2 Å². The fourth-order valence-corrected chi connectivity index (χ4v) is 5.09. The van der Waals surface area contributed by atoms with Crippen LogP contribution in [-0.2, 0) is 20.2 Å². The number of hydrogen-bond donors (Lipinski definition) is 4. The molecule has 0 bridgehead atoms. The molecule has 0 aliphatic carbocycles. The third-order valence-corrected chi connectivity index (χ3v) is 7.26. The van der Waals surface area contributed by atoms with Gasteiger partial charge in [0.25, 0.3) is 25.9 Å². The van der Waals surface area contributed by atoms with Crippen molar-refractivity contribution in [1.82, 2.24) is 0 Å². The van der Waals surface area contributed by atoms with Gasteiger partial charge in [0.1, 0.15) is 21.2 Å². The summed E-state index contributed by atoms with van der Waals surface area (Å²) in [5.74, 6) is -0.724. The van der Waals surface area contributed by atoms with Crippen molar-refractivity contribution in [3.63, 3.8) is 0 Å². The van der Waals surface area contributed by atoms with Gasteiger partial charge >= 0.3 is 0 Å². The van der Waals surface area contributed by atoms with Crippen molar-refractivity contribution in [2.45, 2.75) is 9.79 Å². The normalized spacial score (nSPS) is 12.5. The predicted octanol–water partition coefficient (Wildman–Crippen LogP) is 5.12. The second-order valence-corrected chi connectivity index (χ2v) is 10.8. The number of nitrogens with two attached hydrogens (primary N) is 1. The van der Waals surface area contributed by atoms with Crippen LogP contribution in [-0.4, -0.2) is 36.0 Å². The van der Waals surface area contributed by atoms with E-state index in [1.807, 2.05) is 0 Å². The number of phenolic OH excluding ortho intramolecular Hbond substituents is 1. The Hall–Kier alpha value is -4.70. The highest BCUT2D eigenvalue weighted by Crippen LogP contribution is 2.45. The molecule has 39 heavy (non-hydrogen) atoms. The van der Waals surface area contributed by atoms with Crippen LogP contribution in [0.4, 0.5) is 22.7 Å². The standard InChI is InChI=1S/C24H18N4O9S2/c25-22-21-15(12-19(38(32,33)34)18(24(21)29)11-6-14-4-2-1-3-5-14)13-20(39(35,36)37)23(22)27-26-16-7-9-17(10-8-16)28(30)31/h1-13,29H,25H2,(H,32,33,34)(H,35,36,37)/b11-6+,27-26?. The largest absolute Gasteiger partial charge is 0.507 e. The smallest absolute Gasteiger partial charge is 0.296 e. The molecule has 0 atom stereocenters. The number of azo groups is 1. The molecule has 0 saturated heterocycles. The summed E-state index contributed by atoms with van der Waals surface area (Å²) in [6.07, 6.45) is 2.69. The van der Waals surface area contributed by atoms with Crippen LogP contribution < -0.4 is 5.73 Å². The number of nitrogens with zero attached hydrogens (tertiary/aromatic N) is 3. The number of rotatable bonds is 7. The minimum absolute atomic E-state index is 0.0683. The van der Waals surface area contributed by atoms with Gasteiger partial charge in [-0.05, 0) is 41.3 Å². The Morgan fingerprint density at radius 2 is 1.44 bits per heavy atom. The van der Waals surface area contributed by atoms with Gasteiger partial charge in [0, 0.05) is 23.1 Å². The molecule has 0 amide bonds. The molecule has 0 saturated carbocycles. The fraction of sp³-hybridized carbons (Fsp3) is 0. The van der Waals surface area contributed by atoms with E-state index in [4.69, 9.17) is 5.73 Å². The van der Waals surface area contributed by atoms with Crippen LogP contribution in [0.3, 0.4) is 0 Å². The second kappa shape index (κ2) is 10.2. The van der Waals surface area contributed by atoms with Crippen LogP contribution in [0.1, 0.15) is 11.1 Å². The topological polar surface area (TPSA) is 223 Å². The summed E-state index contributed by atoms with van der Waals surface area (Å²) >= 11 is 0. The number of anilines is 1. The number of non-ortho nitro benzene ring substituents is 1. The van der Waals surface area contributed by atoms with Gasteiger partial charge in [0.2, 0.25) is 0 Å². The summed E-state index contributed by atoms with van der Waals surface area (Å²) in [7, 11) is -9.95. The lowest BCUT2D eigenvalue weighted by Gasteiger charge is -2.15. The van der Waals surface area contributed by atoms with E-state index in [0.29, 0.717) is 5.56 Å². The molecule has 0 heterocycles. The van der Waals surface area contributed by atoms with Crippen molar-refractivity contribution in [1.29, 1.82) is 0 Å². The Labute approximate surface area is 221 Å². The lowest BCUT2D eigenvalue weighted by atomic mass is 10.0. The van der Waals surface area contributed by atoms with Crippen LogP contribution in [0.5, 0.6) is 5.75 Å². The average molecular weight is 571 g/mol. The van der Waals surface area contributed by atoms with E-state index in [1.54, 1.807) is 30.3 Å². The molecule has 0 aromatic heterocycles. The Morgan fingerprint density at radius 3 is 2.00 bits per heavy atom. The summed E-state index contributed by atoms with van der Waals surface area (Å²) < 4.78 is 68.3. The molecular weight excluding hydrogens is 552 g/mol. The molecule has 4 rings (SSSR count). The molecule has 13 nitrogen and oxygen atoms in total. The zero-order valence-corrected chi connectivity index (χ0v) is 21.2. The Kier molecular flexibility index (Phi) is 7.16. The van der Waals surface area contributed by atoms with E-state index in [9.17, 15) is 41.2 Å². The van der Waals surface area contributed by atoms with E-state index in [1.165, 1.54) is 24.3 Å². The number of hydrogen-bond acceptors (Lipinski definition) is 10. The van der Waals surface area contributed by atoms with Crippen LogP contribution >= 0.6 is 0 Å². The van der Waals surface area contributed by atoms with Crippen LogP contribution in [0.15, 0.2) is 86.7 Å². The molecule has 0 spiro atoms. The number of phenols is 1. The van der Waals surface area contributed by atoms with Crippen molar-refractivity contribution in [3.8, 4) is 5.75 Å². The summed E-state index contributed by atoms with van der Waals surface area (Å²) in [6.45, 7) is 0. The third kappa shape index (κ3) is 5.75. The average Bonchev–Trinajstić information content (AvgIpc) is 2.86. The first-order chi connectivity index (χ1) is 18.3. The zero-order chi connectivity index (χ0) is 28.5. The number of benzene rings is 4. The third-order valence-electron chi connectivity index (χ3n) is 5.50. The molecule has 4 aromatic rings. The zero-order valence-electron chi connectivity index (χ0n) is 19.5. The van der Waals surface area contributed by atoms with Gasteiger partial charge in [0.15, 0.2) is 0 Å². The number of nitro benzene ring substituents is 1. The molecule has 200 valence electrons. The highest BCUT2D eigenvalue weighted by molar-refractivity contribution is 7.86. The SMILES string of the molecule is Nc1c(N=Nc2ccc([N+](=O)[O-])cc2)c(S(=O)(=O)O)cc2cc(S(=O)(=O)O)c(/C=C/c3ccccc3)c(O)c12. The van der Waals surface area contributed by atoms with Crippen molar-refractivity contribution in [2.75, 3.05) is 5.73 Å².